The van der Waals surface area contributed by atoms with E-state index in [2.05, 4.69) is 4.52 Å². The number of amides is 1. The van der Waals surface area contributed by atoms with Gasteiger partial charge < -0.3 is 9.42 Å². The third kappa shape index (κ3) is 4.60. The van der Waals surface area contributed by atoms with Crippen LogP contribution in [0.4, 0.5) is 4.79 Å². The first kappa shape index (κ1) is 13.4. The van der Waals surface area contributed by atoms with Crippen molar-refractivity contribution in [1.29, 1.82) is 0 Å². The number of carbonyl (C=O) groups excluding carboxylic acids is 1. The average Bonchev–Trinajstić information content (AvgIpc) is 2.04. The maximum absolute atomic E-state index is 11.6. The van der Waals surface area contributed by atoms with Gasteiger partial charge in [-0.1, -0.05) is 0 Å². The van der Waals surface area contributed by atoms with Crippen molar-refractivity contribution >= 4 is 13.9 Å². The Morgan fingerprint density at radius 2 is 1.64 bits per heavy atom. The van der Waals surface area contributed by atoms with E-state index in [0.717, 1.165) is 4.90 Å². The van der Waals surface area contributed by atoms with Crippen LogP contribution in [0.2, 0.25) is 0 Å². The van der Waals surface area contributed by atoms with E-state index in [1.807, 2.05) is 0 Å². The molecule has 84 valence electrons. The van der Waals surface area contributed by atoms with Crippen LogP contribution in [-0.2, 0) is 18.1 Å². The van der Waals surface area contributed by atoms with Gasteiger partial charge in [-0.2, -0.15) is 0 Å². The lowest BCUT2D eigenvalue weighted by molar-refractivity contribution is 0.117. The van der Waals surface area contributed by atoms with Crippen molar-refractivity contribution in [2.45, 2.75) is 13.8 Å². The monoisotopic (exact) mass is 225 g/mol. The number of nitrogens with zero attached hydrogens (tertiary/aromatic N) is 1. The Kier molecular flexibility index (Phi) is 5.76. The summed E-state index contributed by atoms with van der Waals surface area (Å²) in [7, 11) is -0.767. The van der Waals surface area contributed by atoms with E-state index < -0.39 is 13.9 Å². The molecule has 7 heteroatoms. The fourth-order valence-corrected chi connectivity index (χ4v) is 1.75. The Labute approximate surface area is 83.7 Å². The van der Waals surface area contributed by atoms with E-state index in [1.165, 1.54) is 14.1 Å². The van der Waals surface area contributed by atoms with Crippen LogP contribution in [0.5, 0.6) is 0 Å². The summed E-state index contributed by atoms with van der Waals surface area (Å²) in [5.41, 5.74) is 0. The minimum absolute atomic E-state index is 0.151. The van der Waals surface area contributed by atoms with Crippen LogP contribution in [-0.4, -0.2) is 38.3 Å². The normalized spacial score (nSPS) is 11.1. The molecule has 0 N–H and O–H groups in total. The molecule has 0 fully saturated rings. The van der Waals surface area contributed by atoms with Gasteiger partial charge in [-0.3, -0.25) is 9.05 Å². The molecule has 0 aromatic heterocycles. The van der Waals surface area contributed by atoms with E-state index in [1.54, 1.807) is 13.8 Å². The van der Waals surface area contributed by atoms with Crippen LogP contribution in [0.25, 0.3) is 0 Å². The molecule has 0 aromatic rings. The highest BCUT2D eigenvalue weighted by Gasteiger charge is 2.30. The van der Waals surface area contributed by atoms with Crippen molar-refractivity contribution in [3.63, 3.8) is 0 Å². The minimum Gasteiger partial charge on any atom is -0.353 e. The molecule has 0 atom stereocenters. The molecule has 0 radical (unpaired) electrons. The Morgan fingerprint density at radius 3 is 1.93 bits per heavy atom. The van der Waals surface area contributed by atoms with Crippen LogP contribution in [0.15, 0.2) is 0 Å². The van der Waals surface area contributed by atoms with Crippen LogP contribution in [0.3, 0.4) is 0 Å². The van der Waals surface area contributed by atoms with Crippen molar-refractivity contribution in [1.82, 2.24) is 4.90 Å². The molecule has 0 bridgehead atoms. The fraction of sp³-hybridized carbons (Fsp3) is 0.857. The molecular weight excluding hydrogens is 209 g/mol. The van der Waals surface area contributed by atoms with Crippen LogP contribution >= 0.6 is 7.82 Å². The molecule has 14 heavy (non-hydrogen) atoms. The molecule has 0 aromatic carbocycles. The van der Waals surface area contributed by atoms with Gasteiger partial charge >= 0.3 is 13.9 Å². The molecule has 0 unspecified atom stereocenters. The first-order valence-corrected chi connectivity index (χ1v) is 5.71. The summed E-state index contributed by atoms with van der Waals surface area (Å²) in [4.78, 5) is 12.2. The van der Waals surface area contributed by atoms with Gasteiger partial charge in [-0.05, 0) is 13.8 Å². The van der Waals surface area contributed by atoms with Crippen molar-refractivity contribution in [3.05, 3.63) is 0 Å². The number of phosphoric ester groups is 1. The Morgan fingerprint density at radius 1 is 1.21 bits per heavy atom. The third-order valence-corrected chi connectivity index (χ3v) is 2.66. The predicted molar refractivity (Wildman–Crippen MR) is 51.0 cm³/mol. The Bertz CT molecular complexity index is 220. The Hall–Kier alpha value is -0.580. The third-order valence-electron chi connectivity index (χ3n) is 1.13. The topological polar surface area (TPSA) is 65.1 Å². The smallest absolute Gasteiger partial charge is 0.353 e. The second-order valence-corrected chi connectivity index (χ2v) is 4.13. The van der Waals surface area contributed by atoms with E-state index in [4.69, 9.17) is 9.05 Å². The number of rotatable bonds is 5. The van der Waals surface area contributed by atoms with Gasteiger partial charge in [0.1, 0.15) is 0 Å². The molecule has 0 aliphatic rings. The van der Waals surface area contributed by atoms with Crippen molar-refractivity contribution in [2.75, 3.05) is 27.3 Å². The predicted octanol–water partition coefficient (Wildman–Crippen LogP) is 1.87. The SMILES string of the molecule is CCOP(=O)(OCC)OC(=O)N(C)C. The molecular formula is C7H16NO5P. The zero-order valence-electron chi connectivity index (χ0n) is 8.85. The molecule has 0 rings (SSSR count). The van der Waals surface area contributed by atoms with E-state index in [0.29, 0.717) is 0 Å². The van der Waals surface area contributed by atoms with Gasteiger partial charge in [0.15, 0.2) is 0 Å². The lowest BCUT2D eigenvalue weighted by atomic mass is 10.9. The largest absolute Gasteiger partial charge is 0.533 e. The summed E-state index contributed by atoms with van der Waals surface area (Å²) in [5.74, 6) is 0. The van der Waals surface area contributed by atoms with Crippen LogP contribution in [0.1, 0.15) is 13.8 Å². The maximum Gasteiger partial charge on any atom is 0.533 e. The van der Waals surface area contributed by atoms with Gasteiger partial charge in [0.25, 0.3) is 0 Å². The van der Waals surface area contributed by atoms with Gasteiger partial charge in [0.05, 0.1) is 13.2 Å². The second-order valence-electron chi connectivity index (χ2n) is 2.53. The zero-order chi connectivity index (χ0) is 11.2. The number of hydrogen-bond donors (Lipinski definition) is 0. The lowest BCUT2D eigenvalue weighted by Gasteiger charge is -2.18. The van der Waals surface area contributed by atoms with Crippen molar-refractivity contribution in [2.24, 2.45) is 0 Å². The maximum atomic E-state index is 11.6. The Balaban J connectivity index is 4.36. The number of phosphoric acid groups is 1. The molecule has 6 nitrogen and oxygen atoms in total. The summed E-state index contributed by atoms with van der Waals surface area (Å²) < 4.78 is 25.7. The van der Waals surface area contributed by atoms with E-state index in [-0.39, 0.29) is 13.2 Å². The summed E-state index contributed by atoms with van der Waals surface area (Å²) in [6.07, 6.45) is -0.754. The summed E-state index contributed by atoms with van der Waals surface area (Å²) in [6.45, 7) is 3.57. The van der Waals surface area contributed by atoms with Crippen molar-refractivity contribution in [3.8, 4) is 0 Å². The second kappa shape index (κ2) is 6.01. The number of carbonyl (C=O) groups is 1. The van der Waals surface area contributed by atoms with E-state index >= 15 is 0 Å². The fourth-order valence-electron chi connectivity index (χ4n) is 0.583. The molecule has 0 aliphatic heterocycles. The molecule has 1 amide bonds. The first-order valence-electron chi connectivity index (χ1n) is 4.25. The molecule has 0 spiro atoms. The van der Waals surface area contributed by atoms with Gasteiger partial charge in [0.2, 0.25) is 0 Å². The van der Waals surface area contributed by atoms with Crippen LogP contribution in [0, 0.1) is 0 Å². The summed E-state index contributed by atoms with van der Waals surface area (Å²) >= 11 is 0. The number of hydrogen-bond acceptors (Lipinski definition) is 5. The quantitative estimate of drug-likeness (QED) is 0.668. The van der Waals surface area contributed by atoms with Crippen LogP contribution < -0.4 is 0 Å². The average molecular weight is 225 g/mol. The highest BCUT2D eigenvalue weighted by Crippen LogP contribution is 2.49. The lowest BCUT2D eigenvalue weighted by Crippen LogP contribution is -2.22. The van der Waals surface area contributed by atoms with Gasteiger partial charge in [-0.25, -0.2) is 9.36 Å². The van der Waals surface area contributed by atoms with E-state index in [9.17, 15) is 9.36 Å². The molecule has 0 aliphatic carbocycles. The summed E-state index contributed by atoms with van der Waals surface area (Å²) in [6, 6.07) is 0. The van der Waals surface area contributed by atoms with Gasteiger partial charge in [0, 0.05) is 14.1 Å². The van der Waals surface area contributed by atoms with Crippen molar-refractivity contribution < 1.29 is 22.9 Å². The molecule has 0 saturated heterocycles. The summed E-state index contributed by atoms with van der Waals surface area (Å²) in [5, 5.41) is 0. The minimum atomic E-state index is -3.72. The standard InChI is InChI=1S/C7H16NO5P/c1-5-11-14(10,12-6-2)13-7(9)8(3)4/h5-6H2,1-4H3. The van der Waals surface area contributed by atoms with Gasteiger partial charge in [-0.15, -0.1) is 0 Å². The zero-order valence-corrected chi connectivity index (χ0v) is 9.74. The molecule has 0 heterocycles. The highest BCUT2D eigenvalue weighted by atomic mass is 31.2. The molecule has 0 saturated carbocycles. The first-order chi connectivity index (χ1) is 6.45. The highest BCUT2D eigenvalue weighted by molar-refractivity contribution is 7.49.